The Labute approximate surface area is 180 Å². The van der Waals surface area contributed by atoms with Gasteiger partial charge in [-0.3, -0.25) is 25.1 Å². The van der Waals surface area contributed by atoms with Crippen molar-refractivity contribution in [1.29, 1.82) is 0 Å². The van der Waals surface area contributed by atoms with E-state index in [2.05, 4.69) is 32.2 Å². The smallest absolute Gasteiger partial charge is 0.237 e. The van der Waals surface area contributed by atoms with Crippen LogP contribution in [0.2, 0.25) is 0 Å². The highest BCUT2D eigenvalue weighted by Gasteiger charge is 2.41. The molecule has 166 valence electrons. The average Bonchev–Trinajstić information content (AvgIpc) is 3.22. The first-order valence-electron chi connectivity index (χ1n) is 10.0. The molecule has 0 radical (unpaired) electrons. The number of rotatable bonds is 9. The van der Waals surface area contributed by atoms with Crippen LogP contribution in [0.4, 0.5) is 0 Å². The molecule has 2 aliphatic heterocycles. The van der Waals surface area contributed by atoms with Crippen LogP contribution in [0.1, 0.15) is 12.8 Å². The number of nitrogens with one attached hydrogen (secondary N) is 4. The molecule has 1 aliphatic carbocycles. The minimum atomic E-state index is -0.895. The van der Waals surface area contributed by atoms with Crippen LogP contribution in [-0.4, -0.2) is 77.9 Å². The van der Waals surface area contributed by atoms with Crippen LogP contribution in [0.25, 0.3) is 0 Å². The van der Waals surface area contributed by atoms with E-state index in [1.807, 2.05) is 23.6 Å². The second-order valence-electron chi connectivity index (χ2n) is 7.67. The minimum Gasteiger partial charge on any atom is -0.373 e. The molecule has 11 heteroatoms. The standard InChI is InChI=1S/C19H31N7O3S/c1-22-19(17(21)29)6-8-26(9-7-19)14-5-3-2-4-12(14)24-16(28)13-11-30-18(25-13)23-10-15(20)27/h2-5,11-12,14,16,18,22-25,28H,6-10H2,1H3,(H2,20,27)(H2,21,29). The SMILES string of the molecule is CNC1(C(N)=O)CCN(C2C=CC=CC2NC(O)C2=CSC(NCC(N)=O)N2)CC1. The number of carbonyl (C=O) groups is 2. The summed E-state index contributed by atoms with van der Waals surface area (Å²) < 4.78 is 0. The second kappa shape index (κ2) is 9.94. The average molecular weight is 438 g/mol. The highest BCUT2D eigenvalue weighted by molar-refractivity contribution is 8.02. The molecule has 9 N–H and O–H groups in total. The molecule has 2 amide bonds. The van der Waals surface area contributed by atoms with E-state index in [-0.39, 0.29) is 30.0 Å². The summed E-state index contributed by atoms with van der Waals surface area (Å²) in [5.41, 5.74) is 10.5. The molecule has 0 aromatic heterocycles. The highest BCUT2D eigenvalue weighted by Crippen LogP contribution is 2.26. The van der Waals surface area contributed by atoms with Crippen LogP contribution in [-0.2, 0) is 9.59 Å². The zero-order valence-corrected chi connectivity index (χ0v) is 17.8. The predicted octanol–water partition coefficient (Wildman–Crippen LogP) is -2.17. The van der Waals surface area contributed by atoms with Crippen LogP contribution in [0.15, 0.2) is 35.4 Å². The number of likely N-dealkylation sites (tertiary alicyclic amines) is 1. The summed E-state index contributed by atoms with van der Waals surface area (Å²) in [7, 11) is 1.77. The predicted molar refractivity (Wildman–Crippen MR) is 117 cm³/mol. The van der Waals surface area contributed by atoms with Crippen LogP contribution in [0, 0.1) is 0 Å². The van der Waals surface area contributed by atoms with E-state index in [0.717, 1.165) is 13.1 Å². The van der Waals surface area contributed by atoms with Crippen molar-refractivity contribution in [2.45, 2.75) is 42.2 Å². The largest absolute Gasteiger partial charge is 0.373 e. The number of nitrogens with two attached hydrogens (primary N) is 2. The number of aliphatic hydroxyl groups is 1. The molecule has 1 saturated heterocycles. The number of primary amides is 2. The number of amides is 2. The van der Waals surface area contributed by atoms with E-state index in [1.165, 1.54) is 11.8 Å². The molecular formula is C19H31N7O3S. The zero-order chi connectivity index (χ0) is 21.7. The monoisotopic (exact) mass is 437 g/mol. The van der Waals surface area contributed by atoms with Crippen molar-refractivity contribution in [3.63, 3.8) is 0 Å². The van der Waals surface area contributed by atoms with Gasteiger partial charge in [-0.15, -0.1) is 0 Å². The van der Waals surface area contributed by atoms with Crippen molar-refractivity contribution in [3.8, 4) is 0 Å². The van der Waals surface area contributed by atoms with Crippen molar-refractivity contribution < 1.29 is 14.7 Å². The third kappa shape index (κ3) is 5.23. The van der Waals surface area contributed by atoms with Crippen molar-refractivity contribution in [1.82, 2.24) is 26.2 Å². The van der Waals surface area contributed by atoms with Gasteiger partial charge in [0.05, 0.1) is 17.8 Å². The minimum absolute atomic E-state index is 0.0471. The lowest BCUT2D eigenvalue weighted by atomic mass is 9.85. The van der Waals surface area contributed by atoms with E-state index < -0.39 is 17.7 Å². The molecule has 0 aromatic rings. The Morgan fingerprint density at radius 2 is 2.03 bits per heavy atom. The van der Waals surface area contributed by atoms with Gasteiger partial charge < -0.3 is 27.2 Å². The topological polar surface area (TPSA) is 158 Å². The van der Waals surface area contributed by atoms with Gasteiger partial charge in [0.25, 0.3) is 0 Å². The maximum Gasteiger partial charge on any atom is 0.237 e. The summed E-state index contributed by atoms with van der Waals surface area (Å²) in [4.78, 5) is 25.1. The number of hydrogen-bond acceptors (Lipinski definition) is 9. The van der Waals surface area contributed by atoms with Crippen molar-refractivity contribution in [2.24, 2.45) is 11.5 Å². The van der Waals surface area contributed by atoms with E-state index in [1.54, 1.807) is 7.05 Å². The van der Waals surface area contributed by atoms with Gasteiger partial charge in [-0.05, 0) is 25.3 Å². The van der Waals surface area contributed by atoms with Gasteiger partial charge in [0.15, 0.2) is 0 Å². The van der Waals surface area contributed by atoms with Gasteiger partial charge in [-0.1, -0.05) is 36.1 Å². The Morgan fingerprint density at radius 3 is 2.67 bits per heavy atom. The van der Waals surface area contributed by atoms with E-state index in [4.69, 9.17) is 11.5 Å². The summed E-state index contributed by atoms with van der Waals surface area (Å²) in [6.45, 7) is 1.50. The van der Waals surface area contributed by atoms with E-state index in [0.29, 0.717) is 18.5 Å². The molecule has 3 rings (SSSR count). The number of thioether (sulfide) groups is 1. The fourth-order valence-electron chi connectivity index (χ4n) is 3.99. The van der Waals surface area contributed by atoms with Crippen LogP contribution in [0.5, 0.6) is 0 Å². The Morgan fingerprint density at radius 1 is 1.33 bits per heavy atom. The summed E-state index contributed by atoms with van der Waals surface area (Å²) in [5, 5.41) is 25.0. The molecule has 4 atom stereocenters. The van der Waals surface area contributed by atoms with Gasteiger partial charge >= 0.3 is 0 Å². The highest BCUT2D eigenvalue weighted by atomic mass is 32.2. The molecule has 4 unspecified atom stereocenters. The molecule has 2 heterocycles. The molecule has 3 aliphatic rings. The lowest BCUT2D eigenvalue weighted by Crippen LogP contribution is -2.62. The first-order chi connectivity index (χ1) is 14.3. The second-order valence-corrected chi connectivity index (χ2v) is 8.65. The first-order valence-corrected chi connectivity index (χ1v) is 10.9. The maximum absolute atomic E-state index is 11.9. The molecule has 0 aromatic carbocycles. The Bertz CT molecular complexity index is 734. The fraction of sp³-hybridized carbons (Fsp3) is 0.579. The van der Waals surface area contributed by atoms with Gasteiger partial charge in [0, 0.05) is 25.2 Å². The normalized spacial score (nSPS) is 29.3. The maximum atomic E-state index is 11.9. The third-order valence-electron chi connectivity index (χ3n) is 5.86. The van der Waals surface area contributed by atoms with Crippen LogP contribution >= 0.6 is 11.8 Å². The van der Waals surface area contributed by atoms with Crippen LogP contribution < -0.4 is 32.7 Å². The van der Waals surface area contributed by atoms with Gasteiger partial charge in [-0.25, -0.2) is 0 Å². The van der Waals surface area contributed by atoms with Crippen molar-refractivity contribution in [3.05, 3.63) is 35.4 Å². The van der Waals surface area contributed by atoms with E-state index in [9.17, 15) is 14.7 Å². The van der Waals surface area contributed by atoms with Crippen molar-refractivity contribution >= 4 is 23.6 Å². The summed E-state index contributed by atoms with van der Waals surface area (Å²) in [5.74, 6) is -0.753. The molecule has 30 heavy (non-hydrogen) atoms. The molecule has 0 saturated carbocycles. The lowest BCUT2D eigenvalue weighted by molar-refractivity contribution is -0.126. The molecule has 1 fully saturated rings. The fourth-order valence-corrected chi connectivity index (χ4v) is 4.85. The summed E-state index contributed by atoms with van der Waals surface area (Å²) in [6, 6.07) is -0.0585. The number of likely N-dealkylation sites (N-methyl/N-ethyl adjacent to an activating group) is 1. The summed E-state index contributed by atoms with van der Waals surface area (Å²) >= 11 is 1.43. The zero-order valence-electron chi connectivity index (χ0n) is 17.0. The quantitative estimate of drug-likeness (QED) is 0.199. The lowest BCUT2D eigenvalue weighted by Gasteiger charge is -2.44. The first kappa shape index (κ1) is 22.8. The third-order valence-corrected chi connectivity index (χ3v) is 6.81. The molecule has 10 nitrogen and oxygen atoms in total. The Balaban J connectivity index is 1.56. The van der Waals surface area contributed by atoms with Crippen LogP contribution in [0.3, 0.4) is 0 Å². The number of piperidine rings is 1. The number of carbonyl (C=O) groups excluding carboxylic acids is 2. The Kier molecular flexibility index (Phi) is 7.55. The van der Waals surface area contributed by atoms with Gasteiger partial charge in [0.1, 0.15) is 11.7 Å². The van der Waals surface area contributed by atoms with Crippen molar-refractivity contribution in [2.75, 3.05) is 26.7 Å². The molecule has 0 spiro atoms. The molecule has 0 bridgehead atoms. The number of allylic oxidation sites excluding steroid dienone is 2. The molecular weight excluding hydrogens is 406 g/mol. The Hall–Kier alpha value is -1.89. The number of nitrogens with zero attached hydrogens (tertiary/aromatic N) is 1. The van der Waals surface area contributed by atoms with Gasteiger partial charge in [0.2, 0.25) is 11.8 Å². The van der Waals surface area contributed by atoms with E-state index >= 15 is 0 Å². The number of aliphatic hydroxyl groups excluding tert-OH is 1. The number of hydrogen-bond donors (Lipinski definition) is 7. The van der Waals surface area contributed by atoms with Gasteiger partial charge in [-0.2, -0.15) is 0 Å². The summed E-state index contributed by atoms with van der Waals surface area (Å²) in [6.07, 6.45) is 8.45.